The number of fused-ring (bicyclic) bond motifs is 1. The molecule has 0 aliphatic carbocycles. The summed E-state index contributed by atoms with van der Waals surface area (Å²) in [7, 11) is 0. The van der Waals surface area contributed by atoms with Crippen LogP contribution in [0.2, 0.25) is 0 Å². The van der Waals surface area contributed by atoms with Crippen LogP contribution in [0.5, 0.6) is 0 Å². The Labute approximate surface area is 134 Å². The monoisotopic (exact) mass is 328 g/mol. The average Bonchev–Trinajstić information content (AvgIpc) is 2.82. The van der Waals surface area contributed by atoms with Crippen LogP contribution >= 0.6 is 11.3 Å². The summed E-state index contributed by atoms with van der Waals surface area (Å²) >= 11 is 1.47. The summed E-state index contributed by atoms with van der Waals surface area (Å²) in [6, 6.07) is 6.03. The van der Waals surface area contributed by atoms with Crippen molar-refractivity contribution in [2.75, 3.05) is 0 Å². The van der Waals surface area contributed by atoms with Gasteiger partial charge in [-0.25, -0.2) is 4.98 Å². The van der Waals surface area contributed by atoms with Crippen LogP contribution in [0, 0.1) is 24.0 Å². The third-order valence-corrected chi connectivity index (χ3v) is 4.60. The highest BCUT2D eigenvalue weighted by atomic mass is 32.1. The lowest BCUT2D eigenvalue weighted by Crippen LogP contribution is -2.16. The number of aromatic nitrogens is 2. The van der Waals surface area contributed by atoms with Crippen molar-refractivity contribution in [1.82, 2.24) is 9.66 Å². The summed E-state index contributed by atoms with van der Waals surface area (Å²) in [5.74, 6) is 0. The molecule has 2 aromatic heterocycles. The third kappa shape index (κ3) is 2.76. The van der Waals surface area contributed by atoms with E-state index in [1.54, 1.807) is 12.1 Å². The fourth-order valence-corrected chi connectivity index (χ4v) is 3.14. The molecule has 3 rings (SSSR count). The van der Waals surface area contributed by atoms with Gasteiger partial charge in [-0.05, 0) is 19.4 Å². The van der Waals surface area contributed by atoms with Gasteiger partial charge in [-0.15, -0.1) is 11.3 Å². The van der Waals surface area contributed by atoms with E-state index in [4.69, 9.17) is 0 Å². The number of nitrogens with zero attached hydrogens (tertiary/aromatic N) is 4. The maximum atomic E-state index is 12.5. The predicted octanol–water partition coefficient (Wildman–Crippen LogP) is 2.87. The van der Waals surface area contributed by atoms with Crippen molar-refractivity contribution in [3.63, 3.8) is 0 Å². The summed E-state index contributed by atoms with van der Waals surface area (Å²) in [5.41, 5.74) is 1.16. The van der Waals surface area contributed by atoms with E-state index in [-0.39, 0.29) is 11.2 Å². The van der Waals surface area contributed by atoms with Crippen molar-refractivity contribution in [3.05, 3.63) is 67.1 Å². The minimum atomic E-state index is -0.478. The van der Waals surface area contributed by atoms with E-state index in [0.717, 1.165) is 15.1 Å². The fourth-order valence-electron chi connectivity index (χ4n) is 2.16. The minimum absolute atomic E-state index is 0.0285. The summed E-state index contributed by atoms with van der Waals surface area (Å²) in [6.07, 6.45) is 2.75. The quantitative estimate of drug-likeness (QED) is 0.420. The second-order valence-corrected chi connectivity index (χ2v) is 6.16. The number of hydrogen-bond donors (Lipinski definition) is 0. The summed E-state index contributed by atoms with van der Waals surface area (Å²) in [4.78, 5) is 28.7. The van der Waals surface area contributed by atoms with Crippen molar-refractivity contribution >= 4 is 33.5 Å². The second-order valence-electron chi connectivity index (χ2n) is 4.95. The second kappa shape index (κ2) is 5.73. The van der Waals surface area contributed by atoms with E-state index < -0.39 is 4.92 Å². The Balaban J connectivity index is 2.03. The number of nitro groups is 1. The van der Waals surface area contributed by atoms with Crippen LogP contribution in [0.25, 0.3) is 10.2 Å². The molecule has 0 bridgehead atoms. The third-order valence-electron chi connectivity index (χ3n) is 3.49. The molecule has 2 heterocycles. The Bertz CT molecular complexity index is 1000. The topological polar surface area (TPSA) is 90.4 Å². The maximum absolute atomic E-state index is 12.5. The number of hydrogen-bond acceptors (Lipinski definition) is 6. The van der Waals surface area contributed by atoms with Gasteiger partial charge in [-0.1, -0.05) is 12.1 Å². The molecule has 7 nitrogen and oxygen atoms in total. The van der Waals surface area contributed by atoms with Crippen molar-refractivity contribution < 1.29 is 4.92 Å². The molecule has 116 valence electrons. The number of non-ortho nitro benzene ring substituents is 1. The highest BCUT2D eigenvalue weighted by Crippen LogP contribution is 2.25. The molecule has 0 N–H and O–H groups in total. The van der Waals surface area contributed by atoms with Gasteiger partial charge >= 0.3 is 0 Å². The standard InChI is InChI=1S/C15H12N4O3S/c1-9-10(2)23-14-13(9)15(20)18(8-16-14)17-7-11-4-3-5-12(6-11)19(21)22/h3-8H,1-2H3/b17-7+. The molecule has 0 saturated heterocycles. The van der Waals surface area contributed by atoms with Gasteiger partial charge < -0.3 is 0 Å². The summed E-state index contributed by atoms with van der Waals surface area (Å²) in [5, 5.41) is 15.4. The number of thiophene rings is 1. The van der Waals surface area contributed by atoms with Crippen LogP contribution in [-0.2, 0) is 0 Å². The normalized spacial score (nSPS) is 11.4. The fraction of sp³-hybridized carbons (Fsp3) is 0.133. The zero-order chi connectivity index (χ0) is 16.6. The first-order valence-corrected chi connectivity index (χ1v) is 7.55. The molecule has 8 heteroatoms. The molecule has 0 unspecified atom stereocenters. The van der Waals surface area contributed by atoms with Gasteiger partial charge in [0.15, 0.2) is 0 Å². The Morgan fingerprint density at radius 3 is 2.91 bits per heavy atom. The number of nitro benzene ring substituents is 1. The first kappa shape index (κ1) is 15.0. The molecule has 0 amide bonds. The van der Waals surface area contributed by atoms with Gasteiger partial charge in [0.1, 0.15) is 11.2 Å². The van der Waals surface area contributed by atoms with E-state index >= 15 is 0 Å². The molecular weight excluding hydrogens is 316 g/mol. The molecular formula is C15H12N4O3S. The van der Waals surface area contributed by atoms with Gasteiger partial charge in [0.05, 0.1) is 16.5 Å². The maximum Gasteiger partial charge on any atom is 0.282 e. The predicted molar refractivity (Wildman–Crippen MR) is 89.4 cm³/mol. The summed E-state index contributed by atoms with van der Waals surface area (Å²) in [6.45, 7) is 3.82. The molecule has 1 aromatic carbocycles. The first-order chi connectivity index (χ1) is 11.0. The highest BCUT2D eigenvalue weighted by molar-refractivity contribution is 7.18. The van der Waals surface area contributed by atoms with Crippen LogP contribution < -0.4 is 5.56 Å². The van der Waals surface area contributed by atoms with E-state index in [1.165, 1.54) is 36.0 Å². The molecule has 0 aliphatic heterocycles. The molecule has 0 spiro atoms. The van der Waals surface area contributed by atoms with Crippen molar-refractivity contribution in [3.8, 4) is 0 Å². The van der Waals surface area contributed by atoms with Crippen molar-refractivity contribution in [1.29, 1.82) is 0 Å². The Morgan fingerprint density at radius 1 is 1.39 bits per heavy atom. The zero-order valence-electron chi connectivity index (χ0n) is 12.4. The first-order valence-electron chi connectivity index (χ1n) is 6.73. The van der Waals surface area contributed by atoms with E-state index in [2.05, 4.69) is 10.1 Å². The van der Waals surface area contributed by atoms with Crippen LogP contribution in [0.15, 0.2) is 40.5 Å². The lowest BCUT2D eigenvalue weighted by molar-refractivity contribution is -0.384. The van der Waals surface area contributed by atoms with Gasteiger partial charge in [-0.2, -0.15) is 9.78 Å². The molecule has 0 aliphatic rings. The van der Waals surface area contributed by atoms with Crippen LogP contribution in [0.4, 0.5) is 5.69 Å². The van der Waals surface area contributed by atoms with Crippen LogP contribution in [-0.4, -0.2) is 20.8 Å². The average molecular weight is 328 g/mol. The zero-order valence-corrected chi connectivity index (χ0v) is 13.2. The van der Waals surface area contributed by atoms with Gasteiger partial charge in [-0.3, -0.25) is 14.9 Å². The van der Waals surface area contributed by atoms with Crippen molar-refractivity contribution in [2.24, 2.45) is 5.10 Å². The minimum Gasteiger partial charge on any atom is -0.267 e. The van der Waals surface area contributed by atoms with Gasteiger partial charge in [0.2, 0.25) is 0 Å². The Hall–Kier alpha value is -2.87. The van der Waals surface area contributed by atoms with E-state index in [1.807, 2.05) is 13.8 Å². The number of aryl methyl sites for hydroxylation is 2. The van der Waals surface area contributed by atoms with Crippen molar-refractivity contribution in [2.45, 2.75) is 13.8 Å². The van der Waals surface area contributed by atoms with Crippen LogP contribution in [0.1, 0.15) is 16.0 Å². The van der Waals surface area contributed by atoms with E-state index in [0.29, 0.717) is 15.8 Å². The summed E-state index contributed by atoms with van der Waals surface area (Å²) < 4.78 is 1.14. The Kier molecular flexibility index (Phi) is 3.75. The highest BCUT2D eigenvalue weighted by Gasteiger charge is 2.11. The largest absolute Gasteiger partial charge is 0.282 e. The smallest absolute Gasteiger partial charge is 0.267 e. The lowest BCUT2D eigenvalue weighted by Gasteiger charge is -1.98. The number of benzene rings is 1. The SMILES string of the molecule is Cc1sc2ncn(/N=C/c3cccc([N+](=O)[O-])c3)c(=O)c2c1C. The Morgan fingerprint density at radius 2 is 2.17 bits per heavy atom. The molecule has 0 radical (unpaired) electrons. The van der Waals surface area contributed by atoms with Gasteiger partial charge in [0, 0.05) is 22.6 Å². The number of rotatable bonds is 3. The lowest BCUT2D eigenvalue weighted by atomic mass is 10.2. The molecule has 0 atom stereocenters. The molecule has 0 fully saturated rings. The molecule has 23 heavy (non-hydrogen) atoms. The van der Waals surface area contributed by atoms with E-state index in [9.17, 15) is 14.9 Å². The molecule has 0 saturated carbocycles. The molecule has 3 aromatic rings. The van der Waals surface area contributed by atoms with Gasteiger partial charge in [0.25, 0.3) is 11.2 Å². The van der Waals surface area contributed by atoms with Crippen LogP contribution in [0.3, 0.4) is 0 Å².